The van der Waals surface area contributed by atoms with E-state index < -0.39 is 0 Å². The summed E-state index contributed by atoms with van der Waals surface area (Å²) in [6.07, 6.45) is 0. The van der Waals surface area contributed by atoms with Crippen LogP contribution in [0.4, 0.5) is 5.13 Å². The SMILES string of the molecule is CCSc1ccccc1C(=O)N(CCN(C)C)c1nc2c(C)cc(Cl)cc2s1. The number of likely N-dealkylation sites (N-methyl/N-ethyl adjacent to an activating group) is 1. The van der Waals surface area contributed by atoms with E-state index in [1.54, 1.807) is 16.7 Å². The first-order chi connectivity index (χ1) is 13.4. The number of hydrogen-bond acceptors (Lipinski definition) is 5. The quantitative estimate of drug-likeness (QED) is 0.456. The summed E-state index contributed by atoms with van der Waals surface area (Å²) in [5.41, 5.74) is 2.65. The minimum atomic E-state index is -0.0128. The summed E-state index contributed by atoms with van der Waals surface area (Å²) in [5.74, 6) is 0.905. The number of halogens is 1. The summed E-state index contributed by atoms with van der Waals surface area (Å²) in [6.45, 7) is 5.42. The van der Waals surface area contributed by atoms with Crippen LogP contribution >= 0.6 is 34.7 Å². The molecule has 0 bridgehead atoms. The molecular formula is C21H24ClN3OS2. The van der Waals surface area contributed by atoms with Crippen LogP contribution in [0.2, 0.25) is 5.02 Å². The lowest BCUT2D eigenvalue weighted by molar-refractivity contribution is 0.0982. The summed E-state index contributed by atoms with van der Waals surface area (Å²) >= 11 is 9.41. The van der Waals surface area contributed by atoms with E-state index in [9.17, 15) is 4.79 Å². The Morgan fingerprint density at radius 3 is 2.68 bits per heavy atom. The van der Waals surface area contributed by atoms with Crippen molar-refractivity contribution in [2.24, 2.45) is 0 Å². The molecule has 148 valence electrons. The fourth-order valence-electron chi connectivity index (χ4n) is 2.91. The Morgan fingerprint density at radius 2 is 1.96 bits per heavy atom. The van der Waals surface area contributed by atoms with Crippen LogP contribution in [0.1, 0.15) is 22.8 Å². The monoisotopic (exact) mass is 433 g/mol. The highest BCUT2D eigenvalue weighted by atomic mass is 35.5. The summed E-state index contributed by atoms with van der Waals surface area (Å²) in [7, 11) is 4.01. The number of rotatable bonds is 7. The lowest BCUT2D eigenvalue weighted by atomic mass is 10.2. The van der Waals surface area contributed by atoms with Crippen LogP contribution in [0.25, 0.3) is 10.2 Å². The molecule has 28 heavy (non-hydrogen) atoms. The third kappa shape index (κ3) is 4.69. The fraction of sp³-hybridized carbons (Fsp3) is 0.333. The maximum absolute atomic E-state index is 13.5. The Labute approximate surface area is 179 Å². The second-order valence-corrected chi connectivity index (χ2v) is 9.51. The van der Waals surface area contributed by atoms with E-state index in [0.717, 1.165) is 38.5 Å². The van der Waals surface area contributed by atoms with Crippen LogP contribution < -0.4 is 4.90 Å². The number of fused-ring (bicyclic) bond motifs is 1. The molecule has 3 aromatic rings. The molecular weight excluding hydrogens is 410 g/mol. The Hall–Kier alpha value is -1.60. The van der Waals surface area contributed by atoms with Gasteiger partial charge < -0.3 is 4.90 Å². The fourth-order valence-corrected chi connectivity index (χ4v) is 5.15. The number of aryl methyl sites for hydroxylation is 1. The molecule has 0 atom stereocenters. The van der Waals surface area contributed by atoms with Gasteiger partial charge in [0.1, 0.15) is 0 Å². The molecule has 0 saturated carbocycles. The van der Waals surface area contributed by atoms with Gasteiger partial charge in [0.05, 0.1) is 15.8 Å². The Balaban J connectivity index is 2.04. The molecule has 0 radical (unpaired) electrons. The highest BCUT2D eigenvalue weighted by molar-refractivity contribution is 7.99. The van der Waals surface area contributed by atoms with Crippen LogP contribution in [-0.4, -0.2) is 48.7 Å². The van der Waals surface area contributed by atoms with Gasteiger partial charge in [0.25, 0.3) is 5.91 Å². The second-order valence-electron chi connectivity index (χ2n) is 6.76. The number of carbonyl (C=O) groups is 1. The zero-order chi connectivity index (χ0) is 20.3. The molecule has 0 spiro atoms. The van der Waals surface area contributed by atoms with Gasteiger partial charge in [-0.3, -0.25) is 9.69 Å². The van der Waals surface area contributed by atoms with Gasteiger partial charge in [-0.15, -0.1) is 11.8 Å². The van der Waals surface area contributed by atoms with Crippen molar-refractivity contribution in [2.45, 2.75) is 18.7 Å². The molecule has 2 aromatic carbocycles. The predicted molar refractivity (Wildman–Crippen MR) is 122 cm³/mol. The van der Waals surface area contributed by atoms with Gasteiger partial charge >= 0.3 is 0 Å². The molecule has 1 amide bonds. The van der Waals surface area contributed by atoms with Gasteiger partial charge in [0, 0.05) is 23.0 Å². The largest absolute Gasteiger partial charge is 0.308 e. The van der Waals surface area contributed by atoms with E-state index in [2.05, 4.69) is 11.8 Å². The number of thiazole rings is 1. The Morgan fingerprint density at radius 1 is 1.21 bits per heavy atom. The summed E-state index contributed by atoms with van der Waals surface area (Å²) in [5, 5.41) is 1.40. The molecule has 0 aliphatic rings. The number of thioether (sulfide) groups is 1. The topological polar surface area (TPSA) is 36.4 Å². The normalized spacial score (nSPS) is 11.4. The van der Waals surface area contributed by atoms with Crippen LogP contribution in [0.5, 0.6) is 0 Å². The van der Waals surface area contributed by atoms with Crippen molar-refractivity contribution < 1.29 is 4.79 Å². The van der Waals surface area contributed by atoms with Gasteiger partial charge in [-0.25, -0.2) is 4.98 Å². The average molecular weight is 434 g/mol. The first-order valence-electron chi connectivity index (χ1n) is 9.15. The molecule has 0 saturated heterocycles. The van der Waals surface area contributed by atoms with E-state index in [-0.39, 0.29) is 5.91 Å². The third-order valence-electron chi connectivity index (χ3n) is 4.30. The zero-order valence-corrected chi connectivity index (χ0v) is 18.9. The predicted octanol–water partition coefficient (Wildman–Crippen LogP) is 5.58. The van der Waals surface area contributed by atoms with Crippen LogP contribution in [0.3, 0.4) is 0 Å². The van der Waals surface area contributed by atoms with Crippen molar-refractivity contribution in [1.29, 1.82) is 0 Å². The van der Waals surface area contributed by atoms with Crippen LogP contribution in [-0.2, 0) is 0 Å². The van der Waals surface area contributed by atoms with Gasteiger partial charge in [-0.1, -0.05) is 42.0 Å². The summed E-state index contributed by atoms with van der Waals surface area (Å²) < 4.78 is 0.999. The van der Waals surface area contributed by atoms with E-state index in [1.807, 2.05) is 57.4 Å². The van der Waals surface area contributed by atoms with E-state index in [0.29, 0.717) is 16.7 Å². The van der Waals surface area contributed by atoms with Crippen molar-refractivity contribution in [3.8, 4) is 0 Å². The highest BCUT2D eigenvalue weighted by Crippen LogP contribution is 2.34. The van der Waals surface area contributed by atoms with Crippen molar-refractivity contribution in [3.63, 3.8) is 0 Å². The third-order valence-corrected chi connectivity index (χ3v) is 6.50. The van der Waals surface area contributed by atoms with Crippen molar-refractivity contribution >= 4 is 56.0 Å². The summed E-state index contributed by atoms with van der Waals surface area (Å²) in [4.78, 5) is 23.2. The number of amides is 1. The first-order valence-corrected chi connectivity index (χ1v) is 11.3. The van der Waals surface area contributed by atoms with Gasteiger partial charge in [-0.2, -0.15) is 0 Å². The van der Waals surface area contributed by atoms with E-state index in [1.165, 1.54) is 11.3 Å². The molecule has 7 heteroatoms. The van der Waals surface area contributed by atoms with Gasteiger partial charge in [0.2, 0.25) is 0 Å². The molecule has 0 N–H and O–H groups in total. The second kappa shape index (κ2) is 9.27. The lowest BCUT2D eigenvalue weighted by Gasteiger charge is -2.23. The molecule has 3 rings (SSSR count). The first kappa shape index (κ1) is 21.1. The molecule has 4 nitrogen and oxygen atoms in total. The van der Waals surface area contributed by atoms with Crippen LogP contribution in [0.15, 0.2) is 41.3 Å². The number of nitrogens with zero attached hydrogens (tertiary/aromatic N) is 3. The van der Waals surface area contributed by atoms with E-state index >= 15 is 0 Å². The molecule has 0 aliphatic carbocycles. The number of aromatic nitrogens is 1. The number of benzene rings is 2. The molecule has 0 fully saturated rings. The molecule has 0 aliphatic heterocycles. The molecule has 0 unspecified atom stereocenters. The zero-order valence-electron chi connectivity index (χ0n) is 16.5. The minimum absolute atomic E-state index is 0.0128. The Bertz CT molecular complexity index is 987. The smallest absolute Gasteiger partial charge is 0.261 e. The molecule has 1 heterocycles. The van der Waals surface area contributed by atoms with Crippen molar-refractivity contribution in [3.05, 3.63) is 52.5 Å². The van der Waals surface area contributed by atoms with Crippen LogP contribution in [0, 0.1) is 6.92 Å². The maximum atomic E-state index is 13.5. The minimum Gasteiger partial charge on any atom is -0.308 e. The van der Waals surface area contributed by atoms with Crippen molar-refractivity contribution in [2.75, 3.05) is 37.8 Å². The highest BCUT2D eigenvalue weighted by Gasteiger charge is 2.24. The number of hydrogen-bond donors (Lipinski definition) is 0. The number of carbonyl (C=O) groups excluding carboxylic acids is 1. The molecule has 1 aromatic heterocycles. The maximum Gasteiger partial charge on any atom is 0.261 e. The van der Waals surface area contributed by atoms with Gasteiger partial charge in [0.15, 0.2) is 5.13 Å². The lowest BCUT2D eigenvalue weighted by Crippen LogP contribution is -2.37. The van der Waals surface area contributed by atoms with Crippen molar-refractivity contribution in [1.82, 2.24) is 9.88 Å². The summed E-state index contributed by atoms with van der Waals surface area (Å²) in [6, 6.07) is 11.6. The number of anilines is 1. The Kier molecular flexibility index (Phi) is 6.99. The van der Waals surface area contributed by atoms with Gasteiger partial charge in [-0.05, 0) is 56.6 Å². The standard InChI is InChI=1S/C21H24ClN3OS2/c1-5-27-17-9-7-6-8-16(17)20(26)25(11-10-24(3)4)21-23-19-14(2)12-15(22)13-18(19)28-21/h6-9,12-13H,5,10-11H2,1-4H3. The van der Waals surface area contributed by atoms with E-state index in [4.69, 9.17) is 16.6 Å². The average Bonchev–Trinajstić information content (AvgIpc) is 3.06.